The minimum atomic E-state index is -0.814. The highest BCUT2D eigenvalue weighted by Gasteiger charge is 2.35. The van der Waals surface area contributed by atoms with Crippen LogP contribution in [0.25, 0.3) is 11.0 Å². The molecule has 0 aliphatic carbocycles. The lowest BCUT2D eigenvalue weighted by atomic mass is 10.2. The monoisotopic (exact) mass is 492 g/mol. The summed E-state index contributed by atoms with van der Waals surface area (Å²) in [5, 5.41) is 25.9. The number of hydrogen-bond donors (Lipinski definition) is 4. The Morgan fingerprint density at radius 2 is 2.10 bits per heavy atom. The second-order valence-electron chi connectivity index (χ2n) is 6.75. The first kappa shape index (κ1) is 21.1. The second kappa shape index (κ2) is 8.67. The molecular formula is C19H16N4O4S4. The molecule has 5 heterocycles. The van der Waals surface area contributed by atoms with Gasteiger partial charge in [0.1, 0.15) is 12.3 Å². The molecule has 1 fully saturated rings. The number of fused-ring (bicyclic) bond motifs is 1. The van der Waals surface area contributed by atoms with Crippen molar-refractivity contribution in [1.82, 2.24) is 14.5 Å². The van der Waals surface area contributed by atoms with Crippen LogP contribution in [-0.2, 0) is 4.74 Å². The van der Waals surface area contributed by atoms with Crippen LogP contribution in [0.15, 0.2) is 40.6 Å². The number of aliphatic hydroxyl groups is 2. The number of nitrogens with two attached hydrogens (primary N) is 1. The van der Waals surface area contributed by atoms with Crippen LogP contribution in [0, 0.1) is 11.8 Å². The summed E-state index contributed by atoms with van der Waals surface area (Å²) in [6.45, 7) is -0.299. The van der Waals surface area contributed by atoms with Gasteiger partial charge in [-0.1, -0.05) is 58.9 Å². The number of hydrogen-bond acceptors (Lipinski definition) is 10. The summed E-state index contributed by atoms with van der Waals surface area (Å²) in [6, 6.07) is 0. The van der Waals surface area contributed by atoms with Crippen molar-refractivity contribution in [3.05, 3.63) is 51.7 Å². The number of aromatic amines is 1. The van der Waals surface area contributed by atoms with Gasteiger partial charge in [0.25, 0.3) is 5.56 Å². The first-order valence-corrected chi connectivity index (χ1v) is 12.6. The van der Waals surface area contributed by atoms with Gasteiger partial charge in [0.15, 0.2) is 5.65 Å². The van der Waals surface area contributed by atoms with E-state index >= 15 is 0 Å². The van der Waals surface area contributed by atoms with E-state index in [4.69, 9.17) is 10.5 Å². The highest BCUT2D eigenvalue weighted by atomic mass is 32.2. The molecule has 2 aromatic heterocycles. The number of H-pyrrole nitrogens is 1. The third-order valence-electron chi connectivity index (χ3n) is 4.76. The van der Waals surface area contributed by atoms with Gasteiger partial charge in [-0.3, -0.25) is 9.78 Å². The van der Waals surface area contributed by atoms with Gasteiger partial charge in [0, 0.05) is 12.6 Å². The summed E-state index contributed by atoms with van der Waals surface area (Å²) < 4.78 is 9.84. The normalized spacial score (nSPS) is 25.4. The maximum atomic E-state index is 12.6. The molecule has 0 radical (unpaired) electrons. The number of thioether (sulfide) groups is 4. The minimum Gasteiger partial charge on any atom is -0.394 e. The Bertz CT molecular complexity index is 1260. The molecule has 5 rings (SSSR count). The van der Waals surface area contributed by atoms with Crippen molar-refractivity contribution >= 4 is 64.0 Å². The largest absolute Gasteiger partial charge is 0.394 e. The molecule has 31 heavy (non-hydrogen) atoms. The standard InChI is InChI=1S/C19H16N4O4S4/c20-19-21-15-14(16(26)22-19)9(6-23(15)13-5-11(25)12(7-24)27-13)1-2-10-8-30-18(31-10)17-28-3-4-29-17/h3-4,6,8,11-13,24-25H,5,7H2,(H3,20,21,22,26)/t11-,12+,13+/m0/s1. The zero-order chi connectivity index (χ0) is 21.5. The number of allylic oxidation sites excluding steroid dienone is 1. The molecule has 5 N–H and O–H groups in total. The van der Waals surface area contributed by atoms with Gasteiger partial charge in [0.2, 0.25) is 5.95 Å². The van der Waals surface area contributed by atoms with Crippen molar-refractivity contribution in [2.24, 2.45) is 0 Å². The highest BCUT2D eigenvalue weighted by molar-refractivity contribution is 8.33. The van der Waals surface area contributed by atoms with Gasteiger partial charge in [-0.25, -0.2) is 0 Å². The van der Waals surface area contributed by atoms with Gasteiger partial charge in [0.05, 0.1) is 37.0 Å². The average Bonchev–Trinajstić information content (AvgIpc) is 3.52. The maximum absolute atomic E-state index is 12.6. The molecule has 0 bridgehead atoms. The topological polar surface area (TPSA) is 126 Å². The molecule has 0 amide bonds. The van der Waals surface area contributed by atoms with Crippen molar-refractivity contribution in [1.29, 1.82) is 0 Å². The van der Waals surface area contributed by atoms with E-state index in [1.165, 1.54) is 8.47 Å². The fraction of sp³-hybridized carbons (Fsp3) is 0.263. The lowest BCUT2D eigenvalue weighted by Gasteiger charge is -2.14. The van der Waals surface area contributed by atoms with Crippen LogP contribution < -0.4 is 11.3 Å². The summed E-state index contributed by atoms with van der Waals surface area (Å²) in [5.41, 5.74) is 6.19. The summed E-state index contributed by atoms with van der Waals surface area (Å²) in [4.78, 5) is 20.3. The van der Waals surface area contributed by atoms with Gasteiger partial charge in [-0.2, -0.15) is 4.98 Å². The Morgan fingerprint density at radius 1 is 1.29 bits per heavy atom. The third-order valence-corrected chi connectivity index (χ3v) is 9.70. The zero-order valence-corrected chi connectivity index (χ0v) is 19.0. The SMILES string of the molecule is Nc1nc2c(c(C#CC3=CSC(=C4SC=CS4)S3)cn2[C@H]2C[C@H](O)[C@@H](CO)O2)c(=O)[nH]1. The second-order valence-corrected chi connectivity index (χ2v) is 11.0. The number of aliphatic hydroxyl groups excluding tert-OH is 2. The molecule has 3 atom stereocenters. The van der Waals surface area contributed by atoms with E-state index < -0.39 is 24.0 Å². The quantitative estimate of drug-likeness (QED) is 0.465. The molecule has 0 saturated carbocycles. The fourth-order valence-corrected chi connectivity index (χ4v) is 7.62. The molecule has 1 saturated heterocycles. The summed E-state index contributed by atoms with van der Waals surface area (Å²) in [6.07, 6.45) is -0.148. The molecule has 0 spiro atoms. The van der Waals surface area contributed by atoms with Gasteiger partial charge >= 0.3 is 0 Å². The van der Waals surface area contributed by atoms with E-state index in [2.05, 4.69) is 32.6 Å². The average molecular weight is 493 g/mol. The van der Waals surface area contributed by atoms with E-state index in [9.17, 15) is 15.0 Å². The molecule has 12 heteroatoms. The molecule has 8 nitrogen and oxygen atoms in total. The maximum Gasteiger partial charge on any atom is 0.263 e. The third kappa shape index (κ3) is 4.07. The Balaban J connectivity index is 1.50. The van der Waals surface area contributed by atoms with Crippen molar-refractivity contribution < 1.29 is 14.9 Å². The predicted octanol–water partition coefficient (Wildman–Crippen LogP) is 2.70. The first-order valence-electron chi connectivity index (χ1n) is 9.17. The molecular weight excluding hydrogens is 477 g/mol. The Hall–Kier alpha value is -1.72. The van der Waals surface area contributed by atoms with Gasteiger partial charge in [-0.15, -0.1) is 0 Å². The summed E-state index contributed by atoms with van der Waals surface area (Å²) >= 11 is 6.65. The lowest BCUT2D eigenvalue weighted by molar-refractivity contribution is -0.0430. The van der Waals surface area contributed by atoms with Crippen molar-refractivity contribution in [3.63, 3.8) is 0 Å². The van der Waals surface area contributed by atoms with Crippen molar-refractivity contribution in [2.45, 2.75) is 24.9 Å². The molecule has 160 valence electrons. The zero-order valence-electron chi connectivity index (χ0n) is 15.8. The van der Waals surface area contributed by atoms with E-state index in [1.54, 1.807) is 57.8 Å². The van der Waals surface area contributed by atoms with Crippen molar-refractivity contribution in [3.8, 4) is 11.8 Å². The Labute approximate surface area is 193 Å². The number of rotatable bonds is 2. The van der Waals surface area contributed by atoms with Crippen LogP contribution in [0.2, 0.25) is 0 Å². The van der Waals surface area contributed by atoms with E-state index in [-0.39, 0.29) is 19.0 Å². The fourth-order valence-electron chi connectivity index (χ4n) is 3.37. The highest BCUT2D eigenvalue weighted by Crippen LogP contribution is 2.52. The number of nitrogens with one attached hydrogen (secondary N) is 1. The number of nitrogen functional groups attached to an aromatic ring is 1. The first-order chi connectivity index (χ1) is 15.0. The Morgan fingerprint density at radius 3 is 2.84 bits per heavy atom. The van der Waals surface area contributed by atoms with Crippen LogP contribution in [0.3, 0.4) is 0 Å². The Kier molecular flexibility index (Phi) is 5.91. The number of anilines is 1. The van der Waals surface area contributed by atoms with Crippen LogP contribution in [-0.4, -0.2) is 43.6 Å². The van der Waals surface area contributed by atoms with Crippen molar-refractivity contribution in [2.75, 3.05) is 12.3 Å². The van der Waals surface area contributed by atoms with Crippen LogP contribution in [0.5, 0.6) is 0 Å². The summed E-state index contributed by atoms with van der Waals surface area (Å²) in [5.74, 6) is 6.21. The van der Waals surface area contributed by atoms with Crippen LogP contribution >= 0.6 is 47.0 Å². The molecule has 3 aliphatic rings. The van der Waals surface area contributed by atoms with E-state index in [0.29, 0.717) is 16.6 Å². The molecule has 0 unspecified atom stereocenters. The predicted molar refractivity (Wildman–Crippen MR) is 128 cm³/mol. The minimum absolute atomic E-state index is 0.0180. The van der Waals surface area contributed by atoms with E-state index in [1.807, 2.05) is 5.41 Å². The molecule has 0 aromatic carbocycles. The molecule has 3 aliphatic heterocycles. The summed E-state index contributed by atoms with van der Waals surface area (Å²) in [7, 11) is 0. The van der Waals surface area contributed by atoms with Gasteiger partial charge in [-0.05, 0) is 16.2 Å². The smallest absolute Gasteiger partial charge is 0.263 e. The van der Waals surface area contributed by atoms with Gasteiger partial charge < -0.3 is 25.3 Å². The molecule has 2 aromatic rings. The lowest BCUT2D eigenvalue weighted by Crippen LogP contribution is -2.24. The van der Waals surface area contributed by atoms with E-state index in [0.717, 1.165) is 4.91 Å². The number of ether oxygens (including phenoxy) is 1. The van der Waals surface area contributed by atoms with Crippen LogP contribution in [0.4, 0.5) is 5.95 Å². The number of nitrogens with zero attached hydrogens (tertiary/aromatic N) is 2. The van der Waals surface area contributed by atoms with Crippen LogP contribution in [0.1, 0.15) is 18.2 Å². The number of aromatic nitrogens is 3.